The molecular weight excluding hydrogens is 299 g/mol. The van der Waals surface area contributed by atoms with Gasteiger partial charge in [0.25, 0.3) is 0 Å². The summed E-state index contributed by atoms with van der Waals surface area (Å²) in [5, 5.41) is 6.66. The summed E-state index contributed by atoms with van der Waals surface area (Å²) in [4.78, 5) is 0. The molecule has 96 valence electrons. The molecule has 1 atom stereocenters. The van der Waals surface area contributed by atoms with Crippen molar-refractivity contribution in [2.45, 2.75) is 5.37 Å². The Hall–Kier alpha value is -1.16. The van der Waals surface area contributed by atoms with Crippen molar-refractivity contribution in [3.05, 3.63) is 69.7 Å². The third-order valence-corrected chi connectivity index (χ3v) is 4.49. The van der Waals surface area contributed by atoms with E-state index in [0.717, 1.165) is 16.2 Å². The molecule has 0 saturated heterocycles. The van der Waals surface area contributed by atoms with Gasteiger partial charge in [0.15, 0.2) is 0 Å². The molecule has 1 N–H and O–H groups in total. The first-order valence-corrected chi connectivity index (χ1v) is 7.38. The second-order valence-corrected chi connectivity index (χ2v) is 6.01. The predicted octanol–water partition coefficient (Wildman–Crippen LogP) is 4.69. The standard InChI is InChI=1S/C14H10Cl2N2S/c15-10-6-7-11(12(16)8-10)14-18-17-13(19-14)9-4-2-1-3-5-9/h1-8,14,18H/t14-/m1/s1. The smallest absolute Gasteiger partial charge is 0.126 e. The molecule has 0 fully saturated rings. The quantitative estimate of drug-likeness (QED) is 0.870. The van der Waals surface area contributed by atoms with Crippen LogP contribution < -0.4 is 5.43 Å². The molecule has 0 spiro atoms. The highest BCUT2D eigenvalue weighted by molar-refractivity contribution is 8.14. The Morgan fingerprint density at radius 3 is 2.58 bits per heavy atom. The van der Waals surface area contributed by atoms with Crippen molar-refractivity contribution >= 4 is 40.0 Å². The topological polar surface area (TPSA) is 24.4 Å². The van der Waals surface area contributed by atoms with E-state index in [1.54, 1.807) is 17.8 Å². The summed E-state index contributed by atoms with van der Waals surface area (Å²) >= 11 is 13.8. The third-order valence-electron chi connectivity index (χ3n) is 2.78. The highest BCUT2D eigenvalue weighted by atomic mass is 35.5. The molecule has 1 heterocycles. The summed E-state index contributed by atoms with van der Waals surface area (Å²) in [6.07, 6.45) is 0. The number of benzene rings is 2. The van der Waals surface area contributed by atoms with E-state index in [0.29, 0.717) is 10.0 Å². The highest BCUT2D eigenvalue weighted by Crippen LogP contribution is 2.38. The molecule has 0 unspecified atom stereocenters. The van der Waals surface area contributed by atoms with Crippen LogP contribution in [0, 0.1) is 0 Å². The normalized spacial score (nSPS) is 18.0. The summed E-state index contributed by atoms with van der Waals surface area (Å²) in [5.41, 5.74) is 5.20. The second-order valence-electron chi connectivity index (χ2n) is 4.08. The average molecular weight is 309 g/mol. The molecule has 1 aliphatic heterocycles. The Bertz CT molecular complexity index is 629. The predicted molar refractivity (Wildman–Crippen MR) is 82.9 cm³/mol. The van der Waals surface area contributed by atoms with Crippen molar-refractivity contribution < 1.29 is 0 Å². The van der Waals surface area contributed by atoms with Gasteiger partial charge in [-0.2, -0.15) is 5.10 Å². The SMILES string of the molecule is Clc1ccc([C@@H]2NN=C(c3ccccc3)S2)c(Cl)c1. The maximum atomic E-state index is 6.21. The molecule has 0 aliphatic carbocycles. The fourth-order valence-electron chi connectivity index (χ4n) is 1.84. The van der Waals surface area contributed by atoms with Crippen LogP contribution in [0.1, 0.15) is 16.5 Å². The fraction of sp³-hybridized carbons (Fsp3) is 0.0714. The summed E-state index contributed by atoms with van der Waals surface area (Å²) in [6, 6.07) is 15.6. The zero-order chi connectivity index (χ0) is 13.2. The molecule has 1 aliphatic rings. The minimum Gasteiger partial charge on any atom is -0.291 e. The van der Waals surface area contributed by atoms with Crippen molar-refractivity contribution in [2.75, 3.05) is 0 Å². The third kappa shape index (κ3) is 2.73. The first-order valence-electron chi connectivity index (χ1n) is 5.74. The Morgan fingerprint density at radius 1 is 1.05 bits per heavy atom. The van der Waals surface area contributed by atoms with E-state index in [1.807, 2.05) is 42.5 Å². The van der Waals surface area contributed by atoms with Gasteiger partial charge in [-0.1, -0.05) is 71.4 Å². The number of hydrogen-bond acceptors (Lipinski definition) is 3. The molecule has 0 aromatic heterocycles. The molecular formula is C14H10Cl2N2S. The zero-order valence-corrected chi connectivity index (χ0v) is 12.1. The summed E-state index contributed by atoms with van der Waals surface area (Å²) in [7, 11) is 0. The van der Waals surface area contributed by atoms with Crippen LogP contribution in [0.3, 0.4) is 0 Å². The second kappa shape index (κ2) is 5.45. The lowest BCUT2D eigenvalue weighted by Gasteiger charge is -2.11. The van der Waals surface area contributed by atoms with Gasteiger partial charge in [-0.15, -0.1) is 0 Å². The number of rotatable bonds is 2. The first-order chi connectivity index (χ1) is 9.24. The molecule has 19 heavy (non-hydrogen) atoms. The Balaban J connectivity index is 1.81. The van der Waals surface area contributed by atoms with Crippen LogP contribution in [0.25, 0.3) is 0 Å². The van der Waals surface area contributed by atoms with Crippen molar-refractivity contribution in [2.24, 2.45) is 5.10 Å². The average Bonchev–Trinajstić information content (AvgIpc) is 2.89. The molecule has 2 aromatic rings. The maximum absolute atomic E-state index is 6.21. The largest absolute Gasteiger partial charge is 0.291 e. The Morgan fingerprint density at radius 2 is 1.84 bits per heavy atom. The van der Waals surface area contributed by atoms with Crippen molar-refractivity contribution in [3.8, 4) is 0 Å². The Labute approximate surface area is 125 Å². The van der Waals surface area contributed by atoms with Crippen LogP contribution >= 0.6 is 35.0 Å². The molecule has 2 nitrogen and oxygen atoms in total. The van der Waals surface area contributed by atoms with E-state index in [-0.39, 0.29) is 5.37 Å². The van der Waals surface area contributed by atoms with E-state index in [1.165, 1.54) is 0 Å². The van der Waals surface area contributed by atoms with Gasteiger partial charge >= 0.3 is 0 Å². The van der Waals surface area contributed by atoms with Crippen LogP contribution in [0.4, 0.5) is 0 Å². The highest BCUT2D eigenvalue weighted by Gasteiger charge is 2.23. The van der Waals surface area contributed by atoms with Crippen LogP contribution in [0.2, 0.25) is 10.0 Å². The van der Waals surface area contributed by atoms with Crippen LogP contribution in [-0.4, -0.2) is 5.04 Å². The van der Waals surface area contributed by atoms with E-state index in [9.17, 15) is 0 Å². The number of hydrogen-bond donors (Lipinski definition) is 1. The monoisotopic (exact) mass is 308 g/mol. The lowest BCUT2D eigenvalue weighted by Crippen LogP contribution is -2.07. The van der Waals surface area contributed by atoms with Gasteiger partial charge in [-0.25, -0.2) is 0 Å². The van der Waals surface area contributed by atoms with Gasteiger partial charge in [0, 0.05) is 21.2 Å². The van der Waals surface area contributed by atoms with Gasteiger partial charge in [0.1, 0.15) is 10.4 Å². The minimum atomic E-state index is 0.0278. The molecule has 0 radical (unpaired) electrons. The number of nitrogens with zero attached hydrogens (tertiary/aromatic N) is 1. The lowest BCUT2D eigenvalue weighted by atomic mass is 10.2. The van der Waals surface area contributed by atoms with E-state index < -0.39 is 0 Å². The van der Waals surface area contributed by atoms with Gasteiger partial charge < -0.3 is 0 Å². The molecule has 5 heteroatoms. The zero-order valence-electron chi connectivity index (χ0n) is 9.81. The number of nitrogens with one attached hydrogen (secondary N) is 1. The first kappa shape index (κ1) is 12.9. The Kier molecular flexibility index (Phi) is 3.69. The maximum Gasteiger partial charge on any atom is 0.126 e. The van der Waals surface area contributed by atoms with Crippen molar-refractivity contribution in [1.82, 2.24) is 5.43 Å². The van der Waals surface area contributed by atoms with Crippen molar-refractivity contribution in [3.63, 3.8) is 0 Å². The van der Waals surface area contributed by atoms with Gasteiger partial charge in [0.2, 0.25) is 0 Å². The molecule has 3 rings (SSSR count). The van der Waals surface area contributed by atoms with Crippen LogP contribution in [-0.2, 0) is 0 Å². The van der Waals surface area contributed by atoms with E-state index in [2.05, 4.69) is 10.5 Å². The van der Waals surface area contributed by atoms with Crippen molar-refractivity contribution in [1.29, 1.82) is 0 Å². The summed E-state index contributed by atoms with van der Waals surface area (Å²) in [5.74, 6) is 0. The van der Waals surface area contributed by atoms with Gasteiger partial charge in [-0.3, -0.25) is 5.43 Å². The van der Waals surface area contributed by atoms with E-state index in [4.69, 9.17) is 23.2 Å². The van der Waals surface area contributed by atoms with Crippen LogP contribution in [0.15, 0.2) is 53.6 Å². The molecule has 0 amide bonds. The van der Waals surface area contributed by atoms with E-state index >= 15 is 0 Å². The fourth-order valence-corrected chi connectivity index (χ4v) is 3.46. The van der Waals surface area contributed by atoms with Gasteiger partial charge in [0.05, 0.1) is 0 Å². The summed E-state index contributed by atoms with van der Waals surface area (Å²) in [6.45, 7) is 0. The molecule has 2 aromatic carbocycles. The number of thioether (sulfide) groups is 1. The van der Waals surface area contributed by atoms with Gasteiger partial charge in [-0.05, 0) is 12.1 Å². The summed E-state index contributed by atoms with van der Waals surface area (Å²) < 4.78 is 0. The lowest BCUT2D eigenvalue weighted by molar-refractivity contribution is 0.744. The minimum absolute atomic E-state index is 0.0278. The number of halogens is 2. The molecule has 0 bridgehead atoms. The van der Waals surface area contributed by atoms with Crippen LogP contribution in [0.5, 0.6) is 0 Å². The molecule has 0 saturated carbocycles. The number of hydrazone groups is 1.